The second-order valence-corrected chi connectivity index (χ2v) is 4.65. The number of aliphatic hydroxyl groups is 1. The topological polar surface area (TPSA) is 84.1 Å². The number of nitrogens with two attached hydrogens (primary N) is 1. The first-order valence-electron chi connectivity index (χ1n) is 5.91. The lowest BCUT2D eigenvalue weighted by molar-refractivity contribution is -0.198. The van der Waals surface area contributed by atoms with Crippen LogP contribution in [-0.2, 0) is 0 Å². The lowest BCUT2D eigenvalue weighted by atomic mass is 10.2. The summed E-state index contributed by atoms with van der Waals surface area (Å²) < 4.78 is 36.6. The van der Waals surface area contributed by atoms with E-state index in [0.29, 0.717) is 11.4 Å². The SMILES string of the molecule is Cc1c(N)nc(C2CC2)nc1NCC(O)C(F)(F)F. The Bertz CT molecular complexity index is 474. The number of anilines is 2. The Hall–Kier alpha value is -1.57. The van der Waals surface area contributed by atoms with E-state index in [1.807, 2.05) is 0 Å². The standard InChI is InChI=1S/C11H15F3N4O/c1-5-8(15)17-10(6-2-3-6)18-9(5)16-4-7(19)11(12,13)14/h6-7,19H,2-4H2,1H3,(H3,15,16,17,18). The maximum atomic E-state index is 12.2. The smallest absolute Gasteiger partial charge is 0.383 e. The molecule has 1 heterocycles. The Labute approximate surface area is 108 Å². The van der Waals surface area contributed by atoms with Crippen molar-refractivity contribution in [3.63, 3.8) is 0 Å². The third-order valence-electron chi connectivity index (χ3n) is 2.98. The molecule has 8 heteroatoms. The molecule has 5 nitrogen and oxygen atoms in total. The van der Waals surface area contributed by atoms with Gasteiger partial charge in [-0.3, -0.25) is 0 Å². The molecule has 1 aromatic rings. The van der Waals surface area contributed by atoms with Crippen LogP contribution in [0, 0.1) is 6.92 Å². The highest BCUT2D eigenvalue weighted by atomic mass is 19.4. The van der Waals surface area contributed by atoms with Gasteiger partial charge in [0.15, 0.2) is 6.10 Å². The molecule has 0 radical (unpaired) electrons. The van der Waals surface area contributed by atoms with Crippen molar-refractivity contribution < 1.29 is 18.3 Å². The average molecular weight is 276 g/mol. The molecule has 0 spiro atoms. The van der Waals surface area contributed by atoms with Gasteiger partial charge < -0.3 is 16.2 Å². The highest BCUT2D eigenvalue weighted by Crippen LogP contribution is 2.39. The molecule has 19 heavy (non-hydrogen) atoms. The van der Waals surface area contributed by atoms with Crippen LogP contribution in [0.2, 0.25) is 0 Å². The van der Waals surface area contributed by atoms with E-state index in [1.54, 1.807) is 6.92 Å². The number of rotatable bonds is 4. The van der Waals surface area contributed by atoms with Gasteiger partial charge in [-0.25, -0.2) is 9.97 Å². The van der Waals surface area contributed by atoms with Crippen LogP contribution in [0.1, 0.15) is 30.1 Å². The van der Waals surface area contributed by atoms with Gasteiger partial charge in [-0.2, -0.15) is 13.2 Å². The van der Waals surface area contributed by atoms with E-state index in [2.05, 4.69) is 15.3 Å². The molecule has 4 N–H and O–H groups in total. The number of alkyl halides is 3. The van der Waals surface area contributed by atoms with Crippen LogP contribution in [0.4, 0.5) is 24.8 Å². The van der Waals surface area contributed by atoms with Crippen LogP contribution < -0.4 is 11.1 Å². The van der Waals surface area contributed by atoms with Crippen LogP contribution in [-0.4, -0.2) is 33.9 Å². The van der Waals surface area contributed by atoms with Crippen LogP contribution in [0.25, 0.3) is 0 Å². The van der Waals surface area contributed by atoms with E-state index in [9.17, 15) is 13.2 Å². The maximum Gasteiger partial charge on any atom is 0.416 e. The minimum atomic E-state index is -4.65. The summed E-state index contributed by atoms with van der Waals surface area (Å²) in [6.07, 6.45) is -5.16. The summed E-state index contributed by atoms with van der Waals surface area (Å²) in [5.41, 5.74) is 6.19. The normalized spacial score (nSPS) is 17.3. The van der Waals surface area contributed by atoms with Crippen LogP contribution in [0.3, 0.4) is 0 Å². The molecule has 0 bridgehead atoms. The Morgan fingerprint density at radius 3 is 2.58 bits per heavy atom. The number of nitrogen functional groups attached to an aromatic ring is 1. The molecular formula is C11H15F3N4O. The predicted molar refractivity (Wildman–Crippen MR) is 63.7 cm³/mol. The van der Waals surface area contributed by atoms with Crippen molar-refractivity contribution in [2.45, 2.75) is 38.0 Å². The fourth-order valence-electron chi connectivity index (χ4n) is 1.56. The number of nitrogens with zero attached hydrogens (tertiary/aromatic N) is 2. The Balaban J connectivity index is 2.11. The van der Waals surface area contributed by atoms with Gasteiger partial charge in [0.2, 0.25) is 0 Å². The largest absolute Gasteiger partial charge is 0.416 e. The number of aromatic nitrogens is 2. The highest BCUT2D eigenvalue weighted by Gasteiger charge is 2.38. The molecule has 1 aliphatic rings. The second-order valence-electron chi connectivity index (χ2n) is 4.65. The molecule has 1 fully saturated rings. The molecule has 0 amide bonds. The summed E-state index contributed by atoms with van der Waals surface area (Å²) in [6.45, 7) is 0.958. The summed E-state index contributed by atoms with van der Waals surface area (Å²) in [7, 11) is 0. The zero-order chi connectivity index (χ0) is 14.2. The Morgan fingerprint density at radius 2 is 2.05 bits per heavy atom. The van der Waals surface area contributed by atoms with E-state index >= 15 is 0 Å². The van der Waals surface area contributed by atoms with Gasteiger partial charge in [-0.05, 0) is 19.8 Å². The molecule has 2 rings (SSSR count). The third-order valence-corrected chi connectivity index (χ3v) is 2.98. The minimum Gasteiger partial charge on any atom is -0.383 e. The molecular weight excluding hydrogens is 261 g/mol. The first kappa shape index (κ1) is 13.9. The number of hydrogen-bond donors (Lipinski definition) is 3. The van der Waals surface area contributed by atoms with Crippen molar-refractivity contribution >= 4 is 11.6 Å². The summed E-state index contributed by atoms with van der Waals surface area (Å²) in [5.74, 6) is 1.29. The zero-order valence-corrected chi connectivity index (χ0v) is 10.3. The molecule has 0 aromatic carbocycles. The van der Waals surface area contributed by atoms with Gasteiger partial charge in [0.05, 0.1) is 6.54 Å². The zero-order valence-electron chi connectivity index (χ0n) is 10.3. The Kier molecular flexibility index (Phi) is 3.53. The maximum absolute atomic E-state index is 12.2. The summed E-state index contributed by atoms with van der Waals surface area (Å²) in [4.78, 5) is 8.28. The number of hydrogen-bond acceptors (Lipinski definition) is 5. The molecule has 1 unspecified atom stereocenters. The highest BCUT2D eigenvalue weighted by molar-refractivity contribution is 5.55. The first-order chi connectivity index (χ1) is 8.79. The molecule has 1 saturated carbocycles. The lowest BCUT2D eigenvalue weighted by Crippen LogP contribution is -2.35. The van der Waals surface area contributed by atoms with Crippen molar-refractivity contribution in [3.05, 3.63) is 11.4 Å². The van der Waals surface area contributed by atoms with Crippen molar-refractivity contribution in [2.75, 3.05) is 17.6 Å². The fourth-order valence-corrected chi connectivity index (χ4v) is 1.56. The van der Waals surface area contributed by atoms with Crippen molar-refractivity contribution in [3.8, 4) is 0 Å². The van der Waals surface area contributed by atoms with Gasteiger partial charge in [0.1, 0.15) is 17.5 Å². The van der Waals surface area contributed by atoms with E-state index in [1.165, 1.54) is 0 Å². The lowest BCUT2D eigenvalue weighted by Gasteiger charge is -2.17. The van der Waals surface area contributed by atoms with Crippen molar-refractivity contribution in [1.29, 1.82) is 0 Å². The predicted octanol–water partition coefficient (Wildman–Crippen LogP) is 1.58. The molecule has 0 saturated heterocycles. The van der Waals surface area contributed by atoms with Crippen molar-refractivity contribution in [1.82, 2.24) is 9.97 Å². The summed E-state index contributed by atoms with van der Waals surface area (Å²) >= 11 is 0. The summed E-state index contributed by atoms with van der Waals surface area (Å²) in [6, 6.07) is 0. The fraction of sp³-hybridized carbons (Fsp3) is 0.636. The third kappa shape index (κ3) is 3.25. The van der Waals surface area contributed by atoms with Gasteiger partial charge >= 0.3 is 6.18 Å². The van der Waals surface area contributed by atoms with E-state index in [0.717, 1.165) is 12.8 Å². The quantitative estimate of drug-likeness (QED) is 0.777. The minimum absolute atomic E-state index is 0.246. The number of nitrogens with one attached hydrogen (secondary N) is 1. The monoisotopic (exact) mass is 276 g/mol. The van der Waals surface area contributed by atoms with Crippen molar-refractivity contribution in [2.24, 2.45) is 0 Å². The molecule has 1 aliphatic carbocycles. The van der Waals surface area contributed by atoms with E-state index < -0.39 is 18.8 Å². The van der Waals surface area contributed by atoms with Crippen LogP contribution in [0.15, 0.2) is 0 Å². The number of aliphatic hydroxyl groups excluding tert-OH is 1. The van der Waals surface area contributed by atoms with Gasteiger partial charge in [0.25, 0.3) is 0 Å². The molecule has 106 valence electrons. The second kappa shape index (κ2) is 4.84. The molecule has 1 atom stereocenters. The first-order valence-corrected chi connectivity index (χ1v) is 5.91. The van der Waals surface area contributed by atoms with E-state index in [4.69, 9.17) is 10.8 Å². The van der Waals surface area contributed by atoms with Crippen LogP contribution >= 0.6 is 0 Å². The summed E-state index contributed by atoms with van der Waals surface area (Å²) in [5, 5.41) is 11.4. The van der Waals surface area contributed by atoms with Gasteiger partial charge in [-0.15, -0.1) is 0 Å². The van der Waals surface area contributed by atoms with Crippen LogP contribution in [0.5, 0.6) is 0 Å². The van der Waals surface area contributed by atoms with Gasteiger partial charge in [0, 0.05) is 11.5 Å². The number of halogens is 3. The average Bonchev–Trinajstić information content (AvgIpc) is 3.13. The van der Waals surface area contributed by atoms with Gasteiger partial charge in [-0.1, -0.05) is 0 Å². The Morgan fingerprint density at radius 1 is 1.42 bits per heavy atom. The molecule has 1 aromatic heterocycles. The molecule has 0 aliphatic heterocycles. The van der Waals surface area contributed by atoms with E-state index in [-0.39, 0.29) is 17.6 Å².